The van der Waals surface area contributed by atoms with Crippen LogP contribution in [0, 0.1) is 0 Å². The van der Waals surface area contributed by atoms with E-state index in [4.69, 9.17) is 35.0 Å². The van der Waals surface area contributed by atoms with Gasteiger partial charge in [-0.15, -0.1) is 11.3 Å². The summed E-state index contributed by atoms with van der Waals surface area (Å²) in [6.45, 7) is 8.03. The van der Waals surface area contributed by atoms with E-state index in [-0.39, 0.29) is 12.7 Å². The lowest BCUT2D eigenvalue weighted by Gasteiger charge is -2.46. The summed E-state index contributed by atoms with van der Waals surface area (Å²) in [4.78, 5) is 5.59. The summed E-state index contributed by atoms with van der Waals surface area (Å²) in [6.07, 6.45) is 7.76. The standard InChI is InChI=1S/C32H44ClNO6S/c1-4-7-14-37-30-26(21-35)40-29(31(38-15-8-5-2)32(30)39-16-9-6-3)22-12-13-24(33)23(18-22)19-28-34-20-27(41-28)25-11-10-17-36-25/h10-13,17-18,20,26,29-32,35H,4-9,14-16,19,21H2,1-3H3/t26-,29+,30-,31+,32+/m1/s1. The molecule has 0 amide bonds. The second-order valence-electron chi connectivity index (χ2n) is 10.5. The number of halogens is 1. The van der Waals surface area contributed by atoms with Crippen LogP contribution in [0.2, 0.25) is 5.02 Å². The number of aromatic nitrogens is 1. The fourth-order valence-electron chi connectivity index (χ4n) is 4.99. The number of furan rings is 1. The lowest BCUT2D eigenvalue weighted by atomic mass is 9.89. The Hall–Kier alpha value is -1.78. The SMILES string of the molecule is CCCCO[C@@H]1[C@@H](OCCCC)[C@H](c2ccc(Cl)c(Cc3ncc(-c4ccco4)s3)c2)O[C@H](CO)[C@H]1OCCCC. The molecule has 0 bridgehead atoms. The maximum absolute atomic E-state index is 10.4. The van der Waals surface area contributed by atoms with Crippen LogP contribution in [-0.4, -0.2) is 60.9 Å². The van der Waals surface area contributed by atoms with Crippen molar-refractivity contribution >= 4 is 22.9 Å². The first-order valence-corrected chi connectivity index (χ1v) is 16.2. The molecular weight excluding hydrogens is 562 g/mol. The quantitative estimate of drug-likeness (QED) is 0.158. The van der Waals surface area contributed by atoms with Gasteiger partial charge in [0.25, 0.3) is 0 Å². The van der Waals surface area contributed by atoms with Gasteiger partial charge in [0.1, 0.15) is 36.3 Å². The third-order valence-corrected chi connectivity index (χ3v) is 8.68. The fourth-order valence-corrected chi connectivity index (χ4v) is 6.08. The Morgan fingerprint density at radius 2 is 1.61 bits per heavy atom. The minimum Gasteiger partial charge on any atom is -0.463 e. The normalized spacial score (nSPS) is 22.8. The predicted octanol–water partition coefficient (Wildman–Crippen LogP) is 7.64. The number of ether oxygens (including phenoxy) is 4. The zero-order valence-corrected chi connectivity index (χ0v) is 26.0. The lowest BCUT2D eigenvalue weighted by Crippen LogP contribution is -2.58. The molecule has 226 valence electrons. The molecule has 1 fully saturated rings. The lowest BCUT2D eigenvalue weighted by molar-refractivity contribution is -0.266. The molecule has 1 aliphatic rings. The van der Waals surface area contributed by atoms with Crippen molar-refractivity contribution in [2.75, 3.05) is 26.4 Å². The molecular formula is C32H44ClNO6S. The van der Waals surface area contributed by atoms with Crippen molar-refractivity contribution in [1.29, 1.82) is 0 Å². The van der Waals surface area contributed by atoms with E-state index in [1.54, 1.807) is 17.6 Å². The molecule has 0 spiro atoms. The largest absolute Gasteiger partial charge is 0.463 e. The van der Waals surface area contributed by atoms with Gasteiger partial charge in [-0.3, -0.25) is 0 Å². The van der Waals surface area contributed by atoms with Crippen molar-refractivity contribution in [2.45, 2.75) is 96.2 Å². The van der Waals surface area contributed by atoms with Crippen molar-refractivity contribution in [2.24, 2.45) is 0 Å². The van der Waals surface area contributed by atoms with Crippen LogP contribution in [0.1, 0.15) is 81.5 Å². The fraction of sp³-hybridized carbons (Fsp3) is 0.594. The third kappa shape index (κ3) is 8.63. The van der Waals surface area contributed by atoms with Gasteiger partial charge in [-0.25, -0.2) is 4.98 Å². The Bertz CT molecular complexity index is 1160. The van der Waals surface area contributed by atoms with Crippen LogP contribution in [-0.2, 0) is 25.4 Å². The molecule has 7 nitrogen and oxygen atoms in total. The second kappa shape index (κ2) is 16.8. The maximum atomic E-state index is 10.4. The molecule has 0 radical (unpaired) electrons. The van der Waals surface area contributed by atoms with Gasteiger partial charge in [0, 0.05) is 37.5 Å². The van der Waals surface area contributed by atoms with Gasteiger partial charge in [0.15, 0.2) is 0 Å². The van der Waals surface area contributed by atoms with Gasteiger partial charge in [-0.05, 0) is 48.6 Å². The zero-order chi connectivity index (χ0) is 29.0. The molecule has 0 saturated carbocycles. The highest BCUT2D eigenvalue weighted by Gasteiger charge is 2.48. The average Bonchev–Trinajstić information content (AvgIpc) is 3.68. The van der Waals surface area contributed by atoms with Gasteiger partial charge in [-0.1, -0.05) is 63.8 Å². The molecule has 3 heterocycles. The number of hydrogen-bond donors (Lipinski definition) is 1. The van der Waals surface area contributed by atoms with E-state index in [9.17, 15) is 5.11 Å². The highest BCUT2D eigenvalue weighted by Crippen LogP contribution is 2.39. The smallest absolute Gasteiger partial charge is 0.145 e. The summed E-state index contributed by atoms with van der Waals surface area (Å²) in [6, 6.07) is 9.77. The van der Waals surface area contributed by atoms with E-state index >= 15 is 0 Å². The molecule has 0 aliphatic carbocycles. The molecule has 4 rings (SSSR count). The van der Waals surface area contributed by atoms with Gasteiger partial charge in [-0.2, -0.15) is 0 Å². The Balaban J connectivity index is 1.62. The molecule has 5 atom stereocenters. The molecule has 2 aromatic heterocycles. The monoisotopic (exact) mass is 605 g/mol. The Morgan fingerprint density at radius 1 is 0.927 bits per heavy atom. The van der Waals surface area contributed by atoms with Crippen LogP contribution in [0.25, 0.3) is 10.6 Å². The number of nitrogens with zero attached hydrogens (tertiary/aromatic N) is 1. The summed E-state index contributed by atoms with van der Waals surface area (Å²) < 4.78 is 31.5. The highest BCUT2D eigenvalue weighted by atomic mass is 35.5. The summed E-state index contributed by atoms with van der Waals surface area (Å²) >= 11 is 8.28. The topological polar surface area (TPSA) is 83.2 Å². The summed E-state index contributed by atoms with van der Waals surface area (Å²) in [5, 5.41) is 12.0. The van der Waals surface area contributed by atoms with Crippen LogP contribution < -0.4 is 0 Å². The van der Waals surface area contributed by atoms with Gasteiger partial charge in [0.05, 0.1) is 22.8 Å². The summed E-state index contributed by atoms with van der Waals surface area (Å²) in [5.74, 6) is 0.802. The van der Waals surface area contributed by atoms with Gasteiger partial charge >= 0.3 is 0 Å². The minimum absolute atomic E-state index is 0.169. The number of aliphatic hydroxyl groups excluding tert-OH is 1. The van der Waals surface area contributed by atoms with Crippen LogP contribution in [0.5, 0.6) is 0 Å². The summed E-state index contributed by atoms with van der Waals surface area (Å²) in [7, 11) is 0. The number of aliphatic hydroxyl groups is 1. The predicted molar refractivity (Wildman–Crippen MR) is 163 cm³/mol. The number of hydrogen-bond acceptors (Lipinski definition) is 8. The highest BCUT2D eigenvalue weighted by molar-refractivity contribution is 7.15. The van der Waals surface area contributed by atoms with E-state index in [2.05, 4.69) is 31.8 Å². The van der Waals surface area contributed by atoms with Gasteiger partial charge < -0.3 is 28.5 Å². The van der Waals surface area contributed by atoms with Crippen molar-refractivity contribution in [3.8, 4) is 10.6 Å². The third-order valence-electron chi connectivity index (χ3n) is 7.30. The van der Waals surface area contributed by atoms with Crippen LogP contribution >= 0.6 is 22.9 Å². The van der Waals surface area contributed by atoms with Crippen molar-refractivity contribution in [3.05, 3.63) is 63.9 Å². The number of benzene rings is 1. The first-order valence-electron chi connectivity index (χ1n) is 15.0. The minimum atomic E-state index is -0.538. The van der Waals surface area contributed by atoms with E-state index in [0.29, 0.717) is 31.3 Å². The van der Waals surface area contributed by atoms with E-state index in [0.717, 1.165) is 65.3 Å². The molecule has 3 aromatic rings. The Kier molecular flexibility index (Phi) is 13.1. The first kappa shape index (κ1) is 32.1. The van der Waals surface area contributed by atoms with Crippen molar-refractivity contribution < 1.29 is 28.5 Å². The van der Waals surface area contributed by atoms with Gasteiger partial charge in [0.2, 0.25) is 0 Å². The van der Waals surface area contributed by atoms with E-state index in [1.807, 2.05) is 30.5 Å². The van der Waals surface area contributed by atoms with Crippen molar-refractivity contribution in [3.63, 3.8) is 0 Å². The van der Waals surface area contributed by atoms with E-state index in [1.165, 1.54) is 0 Å². The van der Waals surface area contributed by atoms with Crippen molar-refractivity contribution in [1.82, 2.24) is 4.98 Å². The number of thiazole rings is 1. The summed E-state index contributed by atoms with van der Waals surface area (Å²) in [5.41, 5.74) is 1.88. The molecule has 1 saturated heterocycles. The molecule has 41 heavy (non-hydrogen) atoms. The Labute approximate surface area is 253 Å². The van der Waals surface area contributed by atoms with Crippen LogP contribution in [0.4, 0.5) is 0 Å². The second-order valence-corrected chi connectivity index (χ2v) is 12.0. The zero-order valence-electron chi connectivity index (χ0n) is 24.4. The van der Waals surface area contributed by atoms with Crippen LogP contribution in [0.15, 0.2) is 47.2 Å². The molecule has 0 unspecified atom stereocenters. The molecule has 1 N–H and O–H groups in total. The van der Waals surface area contributed by atoms with E-state index < -0.39 is 24.4 Å². The van der Waals surface area contributed by atoms with Crippen LogP contribution in [0.3, 0.4) is 0 Å². The number of unbranched alkanes of at least 4 members (excludes halogenated alkanes) is 3. The molecule has 1 aliphatic heterocycles. The number of rotatable bonds is 17. The molecule has 1 aromatic carbocycles. The first-order chi connectivity index (χ1) is 20.1. The Morgan fingerprint density at radius 3 is 2.24 bits per heavy atom. The molecule has 9 heteroatoms. The average molecular weight is 606 g/mol. The maximum Gasteiger partial charge on any atom is 0.145 e.